The highest BCUT2D eigenvalue weighted by Crippen LogP contribution is 2.28. The summed E-state index contributed by atoms with van der Waals surface area (Å²) >= 11 is 11.6. The Bertz CT molecular complexity index is 457. The molecule has 0 saturated heterocycles. The van der Waals surface area contributed by atoms with E-state index in [9.17, 15) is 4.79 Å². The molecule has 1 atom stereocenters. The van der Waals surface area contributed by atoms with Gasteiger partial charge in [0.15, 0.2) is 6.10 Å². The zero-order valence-corrected chi connectivity index (χ0v) is 10.5. The van der Waals surface area contributed by atoms with Crippen molar-refractivity contribution in [1.82, 2.24) is 5.32 Å². The Kier molecular flexibility index (Phi) is 5.08. The third-order valence-corrected chi connectivity index (χ3v) is 2.44. The summed E-state index contributed by atoms with van der Waals surface area (Å²) in [6.45, 7) is 1.51. The largest absolute Gasteiger partial charge is 0.479 e. The first kappa shape index (κ1) is 13.6. The molecule has 6 heteroatoms. The van der Waals surface area contributed by atoms with E-state index in [4.69, 9.17) is 33.2 Å². The second kappa shape index (κ2) is 6.33. The Morgan fingerprint density at radius 3 is 2.88 bits per heavy atom. The van der Waals surface area contributed by atoms with Crippen molar-refractivity contribution < 1.29 is 9.53 Å². The second-order valence-electron chi connectivity index (χ2n) is 3.21. The van der Waals surface area contributed by atoms with Gasteiger partial charge in [-0.1, -0.05) is 23.2 Å². The molecule has 0 aliphatic heterocycles. The quantitative estimate of drug-likeness (QED) is 0.857. The van der Waals surface area contributed by atoms with Gasteiger partial charge >= 0.3 is 0 Å². The fourth-order valence-electron chi connectivity index (χ4n) is 1.09. The maximum absolute atomic E-state index is 11.4. The van der Waals surface area contributed by atoms with Crippen LogP contribution in [0.4, 0.5) is 0 Å². The van der Waals surface area contributed by atoms with Gasteiger partial charge in [-0.05, 0) is 25.1 Å². The molecule has 4 nitrogen and oxygen atoms in total. The van der Waals surface area contributed by atoms with Gasteiger partial charge < -0.3 is 10.1 Å². The summed E-state index contributed by atoms with van der Waals surface area (Å²) < 4.78 is 5.35. The van der Waals surface area contributed by atoms with Gasteiger partial charge in [0.2, 0.25) is 0 Å². The molecule has 0 saturated carbocycles. The van der Waals surface area contributed by atoms with Gasteiger partial charge in [-0.15, -0.1) is 0 Å². The summed E-state index contributed by atoms with van der Waals surface area (Å²) in [6.07, 6.45) is -0.734. The van der Waals surface area contributed by atoms with E-state index in [1.54, 1.807) is 25.1 Å². The fraction of sp³-hybridized carbons (Fsp3) is 0.273. The van der Waals surface area contributed by atoms with E-state index in [0.29, 0.717) is 15.8 Å². The number of nitrogens with zero attached hydrogens (tertiary/aromatic N) is 1. The lowest BCUT2D eigenvalue weighted by Crippen LogP contribution is -2.36. The second-order valence-corrected chi connectivity index (χ2v) is 4.05. The number of carbonyl (C=O) groups is 1. The zero-order chi connectivity index (χ0) is 12.8. The molecule has 0 aliphatic carbocycles. The number of amides is 1. The molecule has 90 valence electrons. The van der Waals surface area contributed by atoms with E-state index >= 15 is 0 Å². The molecule has 0 fully saturated rings. The lowest BCUT2D eigenvalue weighted by molar-refractivity contribution is -0.126. The molecule has 1 N–H and O–H groups in total. The maximum atomic E-state index is 11.4. The van der Waals surface area contributed by atoms with Crippen molar-refractivity contribution in [3.63, 3.8) is 0 Å². The van der Waals surface area contributed by atoms with Crippen LogP contribution in [-0.2, 0) is 4.79 Å². The average molecular weight is 273 g/mol. The van der Waals surface area contributed by atoms with E-state index in [2.05, 4.69) is 5.32 Å². The van der Waals surface area contributed by atoms with Gasteiger partial charge in [-0.25, -0.2) is 0 Å². The van der Waals surface area contributed by atoms with Gasteiger partial charge in [0.1, 0.15) is 12.3 Å². The molecule has 0 aromatic heterocycles. The number of rotatable bonds is 4. The first-order valence-electron chi connectivity index (χ1n) is 4.81. The van der Waals surface area contributed by atoms with Crippen LogP contribution in [0.15, 0.2) is 18.2 Å². The van der Waals surface area contributed by atoms with Crippen molar-refractivity contribution >= 4 is 29.1 Å². The van der Waals surface area contributed by atoms with Crippen LogP contribution in [0.2, 0.25) is 10.0 Å². The summed E-state index contributed by atoms with van der Waals surface area (Å²) in [5.41, 5.74) is 0. The van der Waals surface area contributed by atoms with Crippen molar-refractivity contribution in [2.75, 3.05) is 6.54 Å². The van der Waals surface area contributed by atoms with E-state index < -0.39 is 6.10 Å². The Labute approximate surface area is 109 Å². The van der Waals surface area contributed by atoms with Crippen molar-refractivity contribution in [3.8, 4) is 11.8 Å². The molecule has 1 amide bonds. The first-order valence-corrected chi connectivity index (χ1v) is 5.56. The van der Waals surface area contributed by atoms with Crippen LogP contribution < -0.4 is 10.1 Å². The third-order valence-electron chi connectivity index (χ3n) is 1.91. The Balaban J connectivity index is 2.65. The van der Waals surface area contributed by atoms with Gasteiger partial charge in [-0.2, -0.15) is 5.26 Å². The number of nitriles is 1. The summed E-state index contributed by atoms with van der Waals surface area (Å²) in [7, 11) is 0. The molecule has 1 unspecified atom stereocenters. The van der Waals surface area contributed by atoms with Crippen molar-refractivity contribution in [1.29, 1.82) is 5.26 Å². The molecule has 0 bridgehead atoms. The predicted molar refractivity (Wildman–Crippen MR) is 65.2 cm³/mol. The smallest absolute Gasteiger partial charge is 0.261 e. The number of halogens is 2. The monoisotopic (exact) mass is 272 g/mol. The molecule has 17 heavy (non-hydrogen) atoms. The van der Waals surface area contributed by atoms with Crippen molar-refractivity contribution in [2.45, 2.75) is 13.0 Å². The van der Waals surface area contributed by atoms with E-state index in [-0.39, 0.29) is 12.5 Å². The van der Waals surface area contributed by atoms with E-state index in [1.807, 2.05) is 0 Å². The van der Waals surface area contributed by atoms with Gasteiger partial charge in [0.25, 0.3) is 5.91 Å². The van der Waals surface area contributed by atoms with Crippen LogP contribution in [0.5, 0.6) is 5.75 Å². The molecular formula is C11H10Cl2N2O2. The highest BCUT2D eigenvalue weighted by atomic mass is 35.5. The number of ether oxygens (including phenoxy) is 1. The molecule has 1 rings (SSSR count). The van der Waals surface area contributed by atoms with Gasteiger partial charge in [-0.3, -0.25) is 4.79 Å². The zero-order valence-electron chi connectivity index (χ0n) is 9.04. The summed E-state index contributed by atoms with van der Waals surface area (Å²) in [5, 5.41) is 11.5. The van der Waals surface area contributed by atoms with Crippen LogP contribution in [0.1, 0.15) is 6.92 Å². The Hall–Kier alpha value is -1.44. The molecular weight excluding hydrogens is 263 g/mol. The average Bonchev–Trinajstić information content (AvgIpc) is 2.29. The van der Waals surface area contributed by atoms with Crippen LogP contribution >= 0.6 is 23.2 Å². The van der Waals surface area contributed by atoms with Crippen LogP contribution in [0.25, 0.3) is 0 Å². The molecule has 0 radical (unpaired) electrons. The lowest BCUT2D eigenvalue weighted by Gasteiger charge is -2.14. The normalized spacial score (nSPS) is 11.4. The highest BCUT2D eigenvalue weighted by Gasteiger charge is 2.15. The molecule has 1 aromatic rings. The minimum Gasteiger partial charge on any atom is -0.479 e. The van der Waals surface area contributed by atoms with Crippen molar-refractivity contribution in [3.05, 3.63) is 28.2 Å². The summed E-state index contributed by atoms with van der Waals surface area (Å²) in [4.78, 5) is 11.4. The standard InChI is InChI=1S/C11H10Cl2N2O2/c1-7(11(16)15-5-4-14)17-10-3-2-8(12)6-9(10)13/h2-3,6-7H,5H2,1H3,(H,15,16). The van der Waals surface area contributed by atoms with Gasteiger partial charge in [0.05, 0.1) is 11.1 Å². The minimum atomic E-state index is -0.734. The van der Waals surface area contributed by atoms with Crippen LogP contribution in [-0.4, -0.2) is 18.6 Å². The SMILES string of the molecule is CC(Oc1ccc(Cl)cc1Cl)C(=O)NCC#N. The number of hydrogen-bond donors (Lipinski definition) is 1. The molecule has 0 heterocycles. The fourth-order valence-corrected chi connectivity index (χ4v) is 1.54. The summed E-state index contributed by atoms with van der Waals surface area (Å²) in [6, 6.07) is 6.53. The topological polar surface area (TPSA) is 62.1 Å². The Morgan fingerprint density at radius 1 is 1.59 bits per heavy atom. The van der Waals surface area contributed by atoms with Crippen LogP contribution in [0.3, 0.4) is 0 Å². The van der Waals surface area contributed by atoms with Crippen molar-refractivity contribution in [2.24, 2.45) is 0 Å². The van der Waals surface area contributed by atoms with Crippen LogP contribution in [0, 0.1) is 11.3 Å². The first-order chi connectivity index (χ1) is 8.04. The van der Waals surface area contributed by atoms with E-state index in [0.717, 1.165) is 0 Å². The lowest BCUT2D eigenvalue weighted by atomic mass is 10.3. The molecule has 0 aliphatic rings. The maximum Gasteiger partial charge on any atom is 0.261 e. The number of hydrogen-bond acceptors (Lipinski definition) is 3. The highest BCUT2D eigenvalue weighted by molar-refractivity contribution is 6.35. The molecule has 0 spiro atoms. The summed E-state index contributed by atoms with van der Waals surface area (Å²) in [5.74, 6) is -0.00626. The third kappa shape index (κ3) is 4.14. The predicted octanol–water partition coefficient (Wildman–Crippen LogP) is 2.40. The minimum absolute atomic E-state index is 0.0547. The number of carbonyl (C=O) groups excluding carboxylic acids is 1. The molecule has 1 aromatic carbocycles. The van der Waals surface area contributed by atoms with Gasteiger partial charge in [0, 0.05) is 5.02 Å². The number of benzene rings is 1. The number of nitrogens with one attached hydrogen (secondary N) is 1. The Morgan fingerprint density at radius 2 is 2.29 bits per heavy atom. The van der Waals surface area contributed by atoms with E-state index in [1.165, 1.54) is 6.07 Å².